The zero-order chi connectivity index (χ0) is 14.5. The number of nitro groups is 1. The summed E-state index contributed by atoms with van der Waals surface area (Å²) >= 11 is 5.69. The summed E-state index contributed by atoms with van der Waals surface area (Å²) in [4.78, 5) is 21.7. The maximum atomic E-state index is 11.6. The van der Waals surface area contributed by atoms with Crippen molar-refractivity contribution in [1.82, 2.24) is 0 Å². The Kier molecular flexibility index (Phi) is 4.17. The quantitative estimate of drug-likeness (QED) is 0.393. The van der Waals surface area contributed by atoms with Gasteiger partial charge in [0, 0.05) is 24.0 Å². The van der Waals surface area contributed by atoms with Crippen LogP contribution in [-0.2, 0) is 0 Å². The number of benzene rings is 1. The SMILES string of the molecule is O=C(C=CNc1ccc(Cl)c([N+](=O)[O-])c1)c1ccco1. The number of nitrogens with zero attached hydrogens (tertiary/aromatic N) is 1. The van der Waals surface area contributed by atoms with Crippen LogP contribution in [0.3, 0.4) is 0 Å². The van der Waals surface area contributed by atoms with Crippen LogP contribution in [0.5, 0.6) is 0 Å². The number of nitro benzene ring substituents is 1. The van der Waals surface area contributed by atoms with Crippen molar-refractivity contribution in [3.63, 3.8) is 0 Å². The van der Waals surface area contributed by atoms with Gasteiger partial charge >= 0.3 is 0 Å². The van der Waals surface area contributed by atoms with E-state index >= 15 is 0 Å². The minimum Gasteiger partial charge on any atom is -0.461 e. The molecule has 0 bridgehead atoms. The lowest BCUT2D eigenvalue weighted by Crippen LogP contribution is -1.95. The summed E-state index contributed by atoms with van der Waals surface area (Å²) in [6.07, 6.45) is 4.04. The molecule has 6 nitrogen and oxygen atoms in total. The third-order valence-electron chi connectivity index (χ3n) is 2.39. The molecule has 0 unspecified atom stereocenters. The molecule has 1 aromatic carbocycles. The average Bonchev–Trinajstić information content (AvgIpc) is 2.94. The van der Waals surface area contributed by atoms with Crippen molar-refractivity contribution < 1.29 is 14.1 Å². The van der Waals surface area contributed by atoms with E-state index in [0.29, 0.717) is 5.69 Å². The Morgan fingerprint density at radius 1 is 1.40 bits per heavy atom. The summed E-state index contributed by atoms with van der Waals surface area (Å²) in [5.41, 5.74) is 0.243. The first-order valence-corrected chi connectivity index (χ1v) is 5.90. The van der Waals surface area contributed by atoms with E-state index in [1.54, 1.807) is 18.2 Å². The molecular formula is C13H9ClN2O4. The number of carbonyl (C=O) groups is 1. The van der Waals surface area contributed by atoms with Gasteiger partial charge in [-0.1, -0.05) is 11.6 Å². The second kappa shape index (κ2) is 6.03. The van der Waals surface area contributed by atoms with Gasteiger partial charge in [0.1, 0.15) is 5.02 Å². The van der Waals surface area contributed by atoms with E-state index in [4.69, 9.17) is 16.0 Å². The number of hydrogen-bond donors (Lipinski definition) is 1. The van der Waals surface area contributed by atoms with Crippen LogP contribution in [-0.4, -0.2) is 10.7 Å². The number of allylic oxidation sites excluding steroid dienone is 1. The van der Waals surface area contributed by atoms with E-state index in [1.807, 2.05) is 0 Å². The normalized spacial score (nSPS) is 10.7. The van der Waals surface area contributed by atoms with Gasteiger partial charge in [-0.15, -0.1) is 0 Å². The number of hydrogen-bond acceptors (Lipinski definition) is 5. The monoisotopic (exact) mass is 292 g/mol. The van der Waals surface area contributed by atoms with Crippen LogP contribution in [0.4, 0.5) is 11.4 Å². The minimum atomic E-state index is -0.578. The summed E-state index contributed by atoms with van der Waals surface area (Å²) in [6.45, 7) is 0. The van der Waals surface area contributed by atoms with Crippen molar-refractivity contribution in [3.05, 3.63) is 69.8 Å². The molecule has 1 aromatic heterocycles. The molecule has 20 heavy (non-hydrogen) atoms. The van der Waals surface area contributed by atoms with Gasteiger partial charge in [0.25, 0.3) is 5.69 Å². The lowest BCUT2D eigenvalue weighted by Gasteiger charge is -2.01. The van der Waals surface area contributed by atoms with Gasteiger partial charge in [-0.2, -0.15) is 0 Å². The van der Waals surface area contributed by atoms with Gasteiger partial charge in [-0.05, 0) is 24.3 Å². The molecule has 7 heteroatoms. The van der Waals surface area contributed by atoms with Crippen molar-refractivity contribution in [2.75, 3.05) is 5.32 Å². The van der Waals surface area contributed by atoms with Crippen molar-refractivity contribution in [2.45, 2.75) is 0 Å². The third kappa shape index (κ3) is 3.24. The molecule has 0 saturated carbocycles. The zero-order valence-electron chi connectivity index (χ0n) is 10.1. The molecule has 0 aliphatic rings. The van der Waals surface area contributed by atoms with Gasteiger partial charge in [-0.3, -0.25) is 14.9 Å². The maximum absolute atomic E-state index is 11.6. The largest absolute Gasteiger partial charge is 0.461 e. The van der Waals surface area contributed by atoms with Gasteiger partial charge in [0.2, 0.25) is 5.78 Å². The zero-order valence-corrected chi connectivity index (χ0v) is 10.8. The van der Waals surface area contributed by atoms with E-state index in [2.05, 4.69) is 5.32 Å². The Balaban J connectivity index is 2.06. The molecule has 102 valence electrons. The number of furan rings is 1. The summed E-state index contributed by atoms with van der Waals surface area (Å²) in [5, 5.41) is 13.5. The van der Waals surface area contributed by atoms with E-state index in [0.717, 1.165) is 0 Å². The number of anilines is 1. The standard InChI is InChI=1S/C13H9ClN2O4/c14-10-4-3-9(8-11(10)16(18)19)15-6-5-12(17)13-2-1-7-20-13/h1-8,15H. The first-order chi connectivity index (χ1) is 9.58. The first-order valence-electron chi connectivity index (χ1n) is 5.53. The number of halogens is 1. The van der Waals surface area contributed by atoms with E-state index in [-0.39, 0.29) is 22.3 Å². The Hall–Kier alpha value is -2.60. The summed E-state index contributed by atoms with van der Waals surface area (Å²) in [7, 11) is 0. The fourth-order valence-electron chi connectivity index (χ4n) is 1.46. The molecule has 0 aliphatic carbocycles. The predicted octanol–water partition coefficient (Wildman–Crippen LogP) is 3.65. The summed E-state index contributed by atoms with van der Waals surface area (Å²) in [6, 6.07) is 7.40. The van der Waals surface area contributed by atoms with Gasteiger partial charge in [-0.25, -0.2) is 0 Å². The van der Waals surface area contributed by atoms with Crippen molar-refractivity contribution in [2.24, 2.45) is 0 Å². The van der Waals surface area contributed by atoms with Crippen molar-refractivity contribution in [3.8, 4) is 0 Å². The molecule has 0 amide bonds. The highest BCUT2D eigenvalue weighted by Gasteiger charge is 2.12. The molecule has 2 rings (SSSR count). The Bertz CT molecular complexity index is 665. The van der Waals surface area contributed by atoms with E-state index in [9.17, 15) is 14.9 Å². The van der Waals surface area contributed by atoms with Gasteiger partial charge in [0.05, 0.1) is 11.2 Å². The maximum Gasteiger partial charge on any atom is 0.289 e. The molecular weight excluding hydrogens is 284 g/mol. The lowest BCUT2D eigenvalue weighted by molar-refractivity contribution is -0.384. The van der Waals surface area contributed by atoms with Crippen molar-refractivity contribution >= 4 is 28.8 Å². The minimum absolute atomic E-state index is 0.0520. The highest BCUT2D eigenvalue weighted by Crippen LogP contribution is 2.27. The predicted molar refractivity (Wildman–Crippen MR) is 73.9 cm³/mol. The number of carbonyl (C=O) groups excluding carboxylic acids is 1. The van der Waals surface area contributed by atoms with Crippen LogP contribution in [0.25, 0.3) is 0 Å². The van der Waals surface area contributed by atoms with Crippen LogP contribution < -0.4 is 5.32 Å². The average molecular weight is 293 g/mol. The fraction of sp³-hybridized carbons (Fsp3) is 0. The molecule has 2 aromatic rings. The van der Waals surface area contributed by atoms with Crippen LogP contribution in [0, 0.1) is 10.1 Å². The highest BCUT2D eigenvalue weighted by atomic mass is 35.5. The lowest BCUT2D eigenvalue weighted by atomic mass is 10.2. The Morgan fingerprint density at radius 2 is 2.20 bits per heavy atom. The molecule has 0 radical (unpaired) electrons. The Labute approximate surface area is 118 Å². The van der Waals surface area contributed by atoms with Crippen LogP contribution in [0.15, 0.2) is 53.3 Å². The molecule has 0 aliphatic heterocycles. The van der Waals surface area contributed by atoms with Crippen LogP contribution in [0.1, 0.15) is 10.6 Å². The van der Waals surface area contributed by atoms with Crippen LogP contribution >= 0.6 is 11.6 Å². The molecule has 0 atom stereocenters. The second-order valence-corrected chi connectivity index (χ2v) is 4.15. The second-order valence-electron chi connectivity index (χ2n) is 3.74. The van der Waals surface area contributed by atoms with E-state index < -0.39 is 4.92 Å². The fourth-order valence-corrected chi connectivity index (χ4v) is 1.64. The van der Waals surface area contributed by atoms with Gasteiger partial charge < -0.3 is 9.73 Å². The molecule has 1 N–H and O–H groups in total. The van der Waals surface area contributed by atoms with Crippen LogP contribution in [0.2, 0.25) is 5.02 Å². The molecule has 0 saturated heterocycles. The first kappa shape index (κ1) is 13.8. The summed E-state index contributed by atoms with van der Waals surface area (Å²) in [5.74, 6) is -0.101. The van der Waals surface area contributed by atoms with Crippen molar-refractivity contribution in [1.29, 1.82) is 0 Å². The third-order valence-corrected chi connectivity index (χ3v) is 2.71. The van der Waals surface area contributed by atoms with Gasteiger partial charge in [0.15, 0.2) is 5.76 Å². The summed E-state index contributed by atoms with van der Waals surface area (Å²) < 4.78 is 4.93. The Morgan fingerprint density at radius 3 is 2.85 bits per heavy atom. The highest BCUT2D eigenvalue weighted by molar-refractivity contribution is 6.32. The molecule has 0 spiro atoms. The number of ketones is 1. The number of rotatable bonds is 5. The van der Waals surface area contributed by atoms with E-state index in [1.165, 1.54) is 30.7 Å². The smallest absolute Gasteiger partial charge is 0.289 e. The molecule has 0 fully saturated rings. The number of nitrogens with one attached hydrogen (secondary N) is 1. The molecule has 1 heterocycles. The topological polar surface area (TPSA) is 85.4 Å².